The molecule has 1 heterocycles. The zero-order chi connectivity index (χ0) is 9.97. The van der Waals surface area contributed by atoms with Crippen LogP contribution in [0.2, 0.25) is 0 Å². The summed E-state index contributed by atoms with van der Waals surface area (Å²) in [6, 6.07) is 8.48. The molecule has 1 aromatic carbocycles. The van der Waals surface area contributed by atoms with Gasteiger partial charge in [-0.15, -0.1) is 0 Å². The predicted molar refractivity (Wildman–Crippen MR) is 63.0 cm³/mol. The molecular weight excluding hydrogens is 291 g/mol. The lowest BCUT2D eigenvalue weighted by Crippen LogP contribution is -2.08. The SMILES string of the molecule is CO[C@H]1CC[C@@H](c2ccc(I)cc2)O1. The molecule has 0 N–H and O–H groups in total. The van der Waals surface area contributed by atoms with Crippen molar-refractivity contribution < 1.29 is 9.47 Å². The van der Waals surface area contributed by atoms with Gasteiger partial charge in [0.2, 0.25) is 0 Å². The van der Waals surface area contributed by atoms with Gasteiger partial charge in [0.1, 0.15) is 0 Å². The van der Waals surface area contributed by atoms with Gasteiger partial charge in [0.15, 0.2) is 6.29 Å². The Morgan fingerprint density at radius 3 is 2.57 bits per heavy atom. The molecule has 76 valence electrons. The van der Waals surface area contributed by atoms with Crippen molar-refractivity contribution in [1.82, 2.24) is 0 Å². The van der Waals surface area contributed by atoms with Crippen molar-refractivity contribution >= 4 is 22.6 Å². The van der Waals surface area contributed by atoms with Gasteiger partial charge in [0, 0.05) is 17.1 Å². The Morgan fingerprint density at radius 1 is 1.29 bits per heavy atom. The third-order valence-electron chi connectivity index (χ3n) is 2.49. The fourth-order valence-corrected chi connectivity index (χ4v) is 2.06. The van der Waals surface area contributed by atoms with Crippen LogP contribution in [0, 0.1) is 3.57 Å². The molecule has 3 heteroatoms. The minimum Gasteiger partial charge on any atom is -0.356 e. The molecule has 0 aliphatic carbocycles. The molecule has 0 saturated carbocycles. The second-order valence-corrected chi connectivity index (χ2v) is 4.66. The smallest absolute Gasteiger partial charge is 0.158 e. The maximum absolute atomic E-state index is 5.71. The average Bonchev–Trinajstić information content (AvgIpc) is 2.67. The van der Waals surface area contributed by atoms with Crippen LogP contribution >= 0.6 is 22.6 Å². The summed E-state index contributed by atoms with van der Waals surface area (Å²) in [5.41, 5.74) is 1.25. The van der Waals surface area contributed by atoms with Gasteiger partial charge in [-0.2, -0.15) is 0 Å². The maximum Gasteiger partial charge on any atom is 0.158 e. The van der Waals surface area contributed by atoms with Crippen LogP contribution in [-0.4, -0.2) is 13.4 Å². The third-order valence-corrected chi connectivity index (χ3v) is 3.20. The van der Waals surface area contributed by atoms with Gasteiger partial charge in [-0.05, 0) is 46.7 Å². The Labute approximate surface area is 97.7 Å². The van der Waals surface area contributed by atoms with E-state index in [2.05, 4.69) is 46.9 Å². The van der Waals surface area contributed by atoms with Gasteiger partial charge in [-0.25, -0.2) is 0 Å². The molecule has 14 heavy (non-hydrogen) atoms. The molecule has 2 rings (SSSR count). The Morgan fingerprint density at radius 2 is 2.00 bits per heavy atom. The van der Waals surface area contributed by atoms with Gasteiger partial charge in [-0.1, -0.05) is 12.1 Å². The molecule has 0 aromatic heterocycles. The van der Waals surface area contributed by atoms with Gasteiger partial charge < -0.3 is 9.47 Å². The monoisotopic (exact) mass is 304 g/mol. The minimum atomic E-state index is -0.0146. The number of hydrogen-bond donors (Lipinski definition) is 0. The van der Waals surface area contributed by atoms with Crippen LogP contribution in [0.15, 0.2) is 24.3 Å². The summed E-state index contributed by atoms with van der Waals surface area (Å²) >= 11 is 2.31. The van der Waals surface area contributed by atoms with E-state index in [1.54, 1.807) is 7.11 Å². The van der Waals surface area contributed by atoms with E-state index >= 15 is 0 Å². The highest BCUT2D eigenvalue weighted by Crippen LogP contribution is 2.32. The molecule has 1 saturated heterocycles. The van der Waals surface area contributed by atoms with Crippen LogP contribution in [0.3, 0.4) is 0 Å². The molecule has 0 radical (unpaired) electrons. The van der Waals surface area contributed by atoms with Crippen molar-refractivity contribution in [2.45, 2.75) is 25.2 Å². The Kier molecular flexibility index (Phi) is 3.41. The zero-order valence-electron chi connectivity index (χ0n) is 8.07. The molecule has 0 spiro atoms. The first-order valence-electron chi connectivity index (χ1n) is 4.73. The lowest BCUT2D eigenvalue weighted by molar-refractivity contribution is -0.115. The van der Waals surface area contributed by atoms with Crippen molar-refractivity contribution in [1.29, 1.82) is 0 Å². The standard InChI is InChI=1S/C11H13IO2/c1-13-11-7-6-10(14-11)8-2-4-9(12)5-3-8/h2-5,10-11H,6-7H2,1H3/t10-,11+/m0/s1. The Hall–Kier alpha value is -0.130. The number of hydrogen-bond acceptors (Lipinski definition) is 2. The maximum atomic E-state index is 5.71. The molecule has 1 aromatic rings. The van der Waals surface area contributed by atoms with Crippen LogP contribution in [-0.2, 0) is 9.47 Å². The van der Waals surface area contributed by atoms with Crippen molar-refractivity contribution in [3.63, 3.8) is 0 Å². The largest absolute Gasteiger partial charge is 0.356 e. The fraction of sp³-hybridized carbons (Fsp3) is 0.455. The number of benzene rings is 1. The summed E-state index contributed by atoms with van der Waals surface area (Å²) in [7, 11) is 1.70. The highest BCUT2D eigenvalue weighted by Gasteiger charge is 2.25. The van der Waals surface area contributed by atoms with Crippen molar-refractivity contribution in [3.05, 3.63) is 33.4 Å². The van der Waals surface area contributed by atoms with Crippen LogP contribution < -0.4 is 0 Å². The van der Waals surface area contributed by atoms with Crippen molar-refractivity contribution in [2.24, 2.45) is 0 Å². The van der Waals surface area contributed by atoms with Crippen molar-refractivity contribution in [3.8, 4) is 0 Å². The van der Waals surface area contributed by atoms with E-state index in [1.165, 1.54) is 9.13 Å². The molecule has 0 bridgehead atoms. The first kappa shape index (κ1) is 10.4. The molecule has 1 fully saturated rings. The van der Waals surface area contributed by atoms with Crippen LogP contribution in [0.25, 0.3) is 0 Å². The highest BCUT2D eigenvalue weighted by atomic mass is 127. The zero-order valence-corrected chi connectivity index (χ0v) is 10.2. The summed E-state index contributed by atoms with van der Waals surface area (Å²) in [5.74, 6) is 0. The second kappa shape index (κ2) is 4.59. The highest BCUT2D eigenvalue weighted by molar-refractivity contribution is 14.1. The lowest BCUT2D eigenvalue weighted by Gasteiger charge is -2.12. The van der Waals surface area contributed by atoms with Gasteiger partial charge in [0.25, 0.3) is 0 Å². The van der Waals surface area contributed by atoms with Gasteiger partial charge >= 0.3 is 0 Å². The van der Waals surface area contributed by atoms with Crippen LogP contribution in [0.4, 0.5) is 0 Å². The Bertz CT molecular complexity index is 297. The summed E-state index contributed by atoms with van der Waals surface area (Å²) < 4.78 is 12.1. The summed E-state index contributed by atoms with van der Waals surface area (Å²) in [6.07, 6.45) is 2.25. The second-order valence-electron chi connectivity index (χ2n) is 3.42. The van der Waals surface area contributed by atoms with E-state index in [9.17, 15) is 0 Å². The number of methoxy groups -OCH3 is 1. The number of rotatable bonds is 2. The summed E-state index contributed by atoms with van der Waals surface area (Å²) in [6.45, 7) is 0. The van der Waals surface area contributed by atoms with E-state index in [4.69, 9.17) is 9.47 Å². The third kappa shape index (κ3) is 2.27. The van der Waals surface area contributed by atoms with Gasteiger partial charge in [-0.3, -0.25) is 0 Å². The normalized spacial score (nSPS) is 26.7. The molecule has 2 atom stereocenters. The molecule has 1 aliphatic heterocycles. The molecule has 2 nitrogen and oxygen atoms in total. The van der Waals surface area contributed by atoms with E-state index in [0.29, 0.717) is 0 Å². The molecule has 0 amide bonds. The summed E-state index contributed by atoms with van der Waals surface area (Å²) in [5, 5.41) is 0. The number of ether oxygens (including phenoxy) is 2. The molecule has 0 unspecified atom stereocenters. The van der Waals surface area contributed by atoms with Crippen LogP contribution in [0.1, 0.15) is 24.5 Å². The quantitative estimate of drug-likeness (QED) is 0.782. The summed E-state index contributed by atoms with van der Waals surface area (Å²) in [4.78, 5) is 0. The lowest BCUT2D eigenvalue weighted by atomic mass is 10.1. The van der Waals surface area contributed by atoms with E-state index in [-0.39, 0.29) is 12.4 Å². The van der Waals surface area contributed by atoms with E-state index in [0.717, 1.165) is 12.8 Å². The van der Waals surface area contributed by atoms with Crippen molar-refractivity contribution in [2.75, 3.05) is 7.11 Å². The first-order chi connectivity index (χ1) is 6.79. The van der Waals surface area contributed by atoms with E-state index in [1.807, 2.05) is 0 Å². The Balaban J connectivity index is 2.06. The fourth-order valence-electron chi connectivity index (χ4n) is 1.70. The predicted octanol–water partition coefficient (Wildman–Crippen LogP) is 3.12. The molecule has 1 aliphatic rings. The van der Waals surface area contributed by atoms with Gasteiger partial charge in [0.05, 0.1) is 6.10 Å². The molecular formula is C11H13IO2. The first-order valence-corrected chi connectivity index (χ1v) is 5.81. The number of halogens is 1. The van der Waals surface area contributed by atoms with E-state index < -0.39 is 0 Å². The minimum absolute atomic E-state index is 0.0146. The topological polar surface area (TPSA) is 18.5 Å². The average molecular weight is 304 g/mol. The van der Waals surface area contributed by atoms with Crippen LogP contribution in [0.5, 0.6) is 0 Å².